The first kappa shape index (κ1) is 42.8. The number of hydrogen-bond acceptors (Lipinski definition) is 10. The van der Waals surface area contributed by atoms with Crippen molar-refractivity contribution in [3.63, 3.8) is 0 Å². The van der Waals surface area contributed by atoms with Crippen LogP contribution in [0.15, 0.2) is 54.6 Å². The third kappa shape index (κ3) is 8.78. The lowest BCUT2D eigenvalue weighted by molar-refractivity contribution is -0.138. The molecule has 60 heavy (non-hydrogen) atoms. The van der Waals surface area contributed by atoms with Gasteiger partial charge >= 0.3 is 6.18 Å². The van der Waals surface area contributed by atoms with Crippen LogP contribution < -0.4 is 30.5 Å². The molecule has 1 unspecified atom stereocenters. The minimum atomic E-state index is -4.80. The molecule has 1 spiro atoms. The topological polar surface area (TPSA) is 150 Å². The first-order chi connectivity index (χ1) is 28.4. The zero-order valence-electron chi connectivity index (χ0n) is 33.2. The average molecular weight is 865 g/mol. The van der Waals surface area contributed by atoms with Gasteiger partial charge in [0.2, 0.25) is 17.7 Å². The van der Waals surface area contributed by atoms with Gasteiger partial charge in [-0.2, -0.15) is 18.4 Å². The van der Waals surface area contributed by atoms with Gasteiger partial charge in [0.05, 0.1) is 29.4 Å². The molecule has 1 atom stereocenters. The summed E-state index contributed by atoms with van der Waals surface area (Å²) < 4.78 is 47.7. The summed E-state index contributed by atoms with van der Waals surface area (Å²) in [5, 5.41) is 18.0. The first-order valence-electron chi connectivity index (χ1n) is 19.7. The zero-order valence-corrected chi connectivity index (χ0v) is 34.8. The fourth-order valence-electron chi connectivity index (χ4n) is 8.17. The van der Waals surface area contributed by atoms with Gasteiger partial charge in [-0.05, 0) is 112 Å². The first-order valence-corrected chi connectivity index (χ1v) is 20.4. The molecule has 4 amide bonds. The van der Waals surface area contributed by atoms with Crippen molar-refractivity contribution < 1.29 is 37.1 Å². The molecule has 3 heterocycles. The second-order valence-corrected chi connectivity index (χ2v) is 16.8. The third-order valence-corrected chi connectivity index (χ3v) is 12.1. The Labute approximate surface area is 355 Å². The molecule has 18 heteroatoms. The number of nitrogens with one attached hydrogen (secondary N) is 3. The summed E-state index contributed by atoms with van der Waals surface area (Å²) in [5.74, 6) is -0.724. The Balaban J connectivity index is 0.937. The maximum Gasteiger partial charge on any atom is 0.417 e. The summed E-state index contributed by atoms with van der Waals surface area (Å²) in [6.45, 7) is 8.80. The number of carbonyl (C=O) groups is 4. The quantitative estimate of drug-likeness (QED) is 0.143. The molecule has 3 aliphatic heterocycles. The summed E-state index contributed by atoms with van der Waals surface area (Å²) in [6, 6.07) is 14.6. The van der Waals surface area contributed by atoms with Crippen LogP contribution in [0, 0.1) is 11.3 Å². The number of nitrogens with zero attached hydrogens (tertiary/aromatic N) is 5. The molecule has 3 aromatic rings. The Hall–Kier alpha value is -5.28. The summed E-state index contributed by atoms with van der Waals surface area (Å²) in [6.07, 6.45) is -1.67. The van der Waals surface area contributed by atoms with E-state index in [1.54, 1.807) is 49.1 Å². The molecular formula is C42H44ClF3N8O5S. The number of halogens is 4. The van der Waals surface area contributed by atoms with Gasteiger partial charge in [-0.25, -0.2) is 0 Å². The van der Waals surface area contributed by atoms with Crippen molar-refractivity contribution in [3.8, 4) is 11.8 Å². The molecule has 0 radical (unpaired) electrons. The second-order valence-electron chi connectivity index (χ2n) is 16.0. The number of ether oxygens (including phenoxy) is 1. The number of anilines is 4. The molecule has 1 aliphatic carbocycles. The predicted molar refractivity (Wildman–Crippen MR) is 224 cm³/mol. The number of aryl methyl sites for hydroxylation is 1. The minimum absolute atomic E-state index is 0.0158. The van der Waals surface area contributed by atoms with Crippen LogP contribution in [0.3, 0.4) is 0 Å². The Morgan fingerprint density at radius 1 is 1.05 bits per heavy atom. The predicted octanol–water partition coefficient (Wildman–Crippen LogP) is 6.09. The second kappa shape index (κ2) is 16.6. The smallest absolute Gasteiger partial charge is 0.417 e. The van der Waals surface area contributed by atoms with E-state index in [0.717, 1.165) is 48.5 Å². The van der Waals surface area contributed by atoms with E-state index < -0.39 is 40.7 Å². The van der Waals surface area contributed by atoms with Crippen LogP contribution in [0.2, 0.25) is 5.02 Å². The van der Waals surface area contributed by atoms with Crippen molar-refractivity contribution in [2.75, 3.05) is 59.8 Å². The summed E-state index contributed by atoms with van der Waals surface area (Å²) in [7, 11) is 0. The molecule has 7 rings (SSSR count). The van der Waals surface area contributed by atoms with E-state index in [1.165, 1.54) is 6.07 Å². The highest BCUT2D eigenvalue weighted by Gasteiger charge is 2.52. The molecule has 316 valence electrons. The van der Waals surface area contributed by atoms with E-state index in [0.29, 0.717) is 60.4 Å². The number of piperidine rings is 1. The van der Waals surface area contributed by atoms with Crippen LogP contribution in [0.5, 0.6) is 5.75 Å². The molecule has 1 saturated carbocycles. The van der Waals surface area contributed by atoms with Gasteiger partial charge in [0, 0.05) is 60.2 Å². The molecule has 3 aromatic carbocycles. The highest BCUT2D eigenvalue weighted by Crippen LogP contribution is 2.44. The number of piperazine rings is 1. The normalized spacial score (nSPS) is 20.3. The highest BCUT2D eigenvalue weighted by molar-refractivity contribution is 7.81. The summed E-state index contributed by atoms with van der Waals surface area (Å²) in [5.41, 5.74) is -0.591. The number of nitriles is 1. The fraction of sp³-hybridized carbons (Fsp3) is 0.429. The Bertz CT molecular complexity index is 2300. The lowest BCUT2D eigenvalue weighted by Crippen LogP contribution is -2.57. The van der Waals surface area contributed by atoms with E-state index in [1.807, 2.05) is 19.1 Å². The average Bonchev–Trinajstić information content (AvgIpc) is 3.92. The van der Waals surface area contributed by atoms with Crippen molar-refractivity contribution in [3.05, 3.63) is 76.3 Å². The number of hydrogen-bond donors (Lipinski definition) is 3. The minimum Gasteiger partial charge on any atom is -0.492 e. The standard InChI is InChI=1S/C42H44ClF3N8O5S/c1-4-25-17-31(54-39(60)53(38(58)40(54,2)3)30-6-5-26(22-47)32(21-30)42(44,45)46)7-9-34(25)59-16-15-51-13-14-52(41(24-51)11-12-41)23-36(56)49-29-19-27(43)18-28(20-29)48-33-8-10-35(55)50-37(33)57/h5-7,9,17-21,33,48H,4,8,10-16,23-24H2,1-3H3,(H,49,56)(H,50,55,57). The maximum atomic E-state index is 13.8. The highest BCUT2D eigenvalue weighted by atomic mass is 35.5. The van der Waals surface area contributed by atoms with E-state index >= 15 is 0 Å². The van der Waals surface area contributed by atoms with Crippen molar-refractivity contribution in [2.45, 2.75) is 76.2 Å². The van der Waals surface area contributed by atoms with Gasteiger partial charge < -0.3 is 20.3 Å². The van der Waals surface area contributed by atoms with Gasteiger partial charge in [-0.3, -0.25) is 39.2 Å². The van der Waals surface area contributed by atoms with Crippen LogP contribution in [-0.2, 0) is 31.8 Å². The number of alkyl halides is 3. The van der Waals surface area contributed by atoms with Gasteiger partial charge in [0.1, 0.15) is 23.9 Å². The Kier molecular flexibility index (Phi) is 11.9. The summed E-state index contributed by atoms with van der Waals surface area (Å²) >= 11 is 12.1. The molecule has 3 N–H and O–H groups in total. The van der Waals surface area contributed by atoms with Gasteiger partial charge in [-0.1, -0.05) is 18.5 Å². The summed E-state index contributed by atoms with van der Waals surface area (Å²) in [4.78, 5) is 58.0. The van der Waals surface area contributed by atoms with Crippen molar-refractivity contribution in [1.29, 1.82) is 5.26 Å². The third-order valence-electron chi connectivity index (χ3n) is 11.5. The zero-order chi connectivity index (χ0) is 43.1. The largest absolute Gasteiger partial charge is 0.492 e. The lowest BCUT2D eigenvalue weighted by atomic mass is 10.0. The van der Waals surface area contributed by atoms with E-state index in [-0.39, 0.29) is 41.1 Å². The molecule has 0 aromatic heterocycles. The van der Waals surface area contributed by atoms with Gasteiger partial charge in [0.25, 0.3) is 5.91 Å². The van der Waals surface area contributed by atoms with E-state index in [9.17, 15) is 37.6 Å². The van der Waals surface area contributed by atoms with Crippen LogP contribution in [0.25, 0.3) is 0 Å². The Morgan fingerprint density at radius 2 is 1.78 bits per heavy atom. The SMILES string of the molecule is CCc1cc(N2C(=S)N(c3ccc(C#N)c(C(F)(F)F)c3)C(=O)C2(C)C)ccc1OCCN1CCN(CC(=O)Nc2cc(Cl)cc(NC3CCC(=O)NC3=O)c2)C2(CC2)C1. The molecular weight excluding hydrogens is 821 g/mol. The number of amides is 4. The van der Waals surface area contributed by atoms with Crippen molar-refractivity contribution in [2.24, 2.45) is 0 Å². The van der Waals surface area contributed by atoms with E-state index in [2.05, 4.69) is 25.8 Å². The van der Waals surface area contributed by atoms with Crippen LogP contribution in [-0.4, -0.2) is 95.0 Å². The molecule has 4 fully saturated rings. The number of imide groups is 1. The molecule has 3 saturated heterocycles. The number of rotatable bonds is 12. The Morgan fingerprint density at radius 3 is 2.47 bits per heavy atom. The lowest BCUT2D eigenvalue weighted by Gasteiger charge is -2.41. The van der Waals surface area contributed by atoms with E-state index in [4.69, 9.17) is 28.6 Å². The monoisotopic (exact) mass is 864 g/mol. The van der Waals surface area contributed by atoms with Crippen LogP contribution in [0.4, 0.5) is 35.9 Å². The van der Waals surface area contributed by atoms with Crippen molar-refractivity contribution >= 4 is 75.3 Å². The maximum absolute atomic E-state index is 13.8. The number of carbonyl (C=O) groups excluding carboxylic acids is 4. The number of benzene rings is 3. The van der Waals surface area contributed by atoms with Gasteiger partial charge in [0.15, 0.2) is 5.11 Å². The van der Waals surface area contributed by atoms with Crippen LogP contribution in [0.1, 0.15) is 63.1 Å². The van der Waals surface area contributed by atoms with Crippen LogP contribution >= 0.6 is 23.8 Å². The molecule has 13 nitrogen and oxygen atoms in total. The number of thiocarbonyl (C=S) groups is 1. The molecule has 4 aliphatic rings. The fourth-order valence-corrected chi connectivity index (χ4v) is 8.93. The van der Waals surface area contributed by atoms with Gasteiger partial charge in [-0.15, -0.1) is 0 Å². The van der Waals surface area contributed by atoms with Crippen molar-refractivity contribution in [1.82, 2.24) is 15.1 Å². The molecule has 0 bridgehead atoms.